The first kappa shape index (κ1) is 13.6. The topological polar surface area (TPSA) is 20.2 Å². The monoisotopic (exact) mass is 316 g/mol. The van der Waals surface area contributed by atoms with Gasteiger partial charge in [-0.15, -0.1) is 11.3 Å². The van der Waals surface area contributed by atoms with Crippen molar-refractivity contribution in [3.63, 3.8) is 0 Å². The number of aliphatic hydroxyl groups excluding tert-OH is 1. The molecule has 1 N–H and O–H groups in total. The summed E-state index contributed by atoms with van der Waals surface area (Å²) in [5.41, 5.74) is 0. The molecule has 0 spiro atoms. The summed E-state index contributed by atoms with van der Waals surface area (Å²) < 4.78 is 1.07. The van der Waals surface area contributed by atoms with E-state index in [0.29, 0.717) is 5.92 Å². The lowest BCUT2D eigenvalue weighted by atomic mass is 9.75. The second kappa shape index (κ2) is 5.85. The highest BCUT2D eigenvalue weighted by Gasteiger charge is 2.29. The van der Waals surface area contributed by atoms with E-state index in [9.17, 15) is 5.11 Å². The Kier molecular flexibility index (Phi) is 4.67. The van der Waals surface area contributed by atoms with Crippen LogP contribution in [-0.4, -0.2) is 5.11 Å². The van der Waals surface area contributed by atoms with Gasteiger partial charge in [-0.2, -0.15) is 0 Å². The van der Waals surface area contributed by atoms with Crippen molar-refractivity contribution in [1.82, 2.24) is 0 Å². The van der Waals surface area contributed by atoms with Crippen LogP contribution in [-0.2, 0) is 0 Å². The highest BCUT2D eigenvalue weighted by atomic mass is 79.9. The van der Waals surface area contributed by atoms with E-state index in [1.54, 1.807) is 11.3 Å². The minimum absolute atomic E-state index is 0.266. The first-order valence-electron chi connectivity index (χ1n) is 6.50. The maximum Gasteiger partial charge on any atom is 0.0921 e. The number of thiophene rings is 1. The van der Waals surface area contributed by atoms with Crippen molar-refractivity contribution in [3.05, 3.63) is 20.8 Å². The smallest absolute Gasteiger partial charge is 0.0921 e. The van der Waals surface area contributed by atoms with Crippen LogP contribution in [0.3, 0.4) is 0 Å². The third-order valence-corrected chi connectivity index (χ3v) is 6.06. The van der Waals surface area contributed by atoms with Crippen molar-refractivity contribution < 1.29 is 5.11 Å². The van der Waals surface area contributed by atoms with E-state index in [4.69, 9.17) is 0 Å². The molecule has 17 heavy (non-hydrogen) atoms. The molecule has 1 aliphatic rings. The van der Waals surface area contributed by atoms with Crippen molar-refractivity contribution in [2.24, 2.45) is 17.8 Å². The van der Waals surface area contributed by atoms with Crippen molar-refractivity contribution in [2.45, 2.75) is 45.6 Å². The second-order valence-electron chi connectivity index (χ2n) is 5.50. The van der Waals surface area contributed by atoms with Gasteiger partial charge in [0.2, 0.25) is 0 Å². The van der Waals surface area contributed by atoms with E-state index in [2.05, 4.69) is 29.8 Å². The van der Waals surface area contributed by atoms with Gasteiger partial charge in [-0.1, -0.05) is 13.8 Å². The molecule has 1 atom stereocenters. The zero-order valence-corrected chi connectivity index (χ0v) is 12.9. The molecule has 0 saturated heterocycles. The Balaban J connectivity index is 1.95. The zero-order valence-electron chi connectivity index (χ0n) is 10.5. The zero-order chi connectivity index (χ0) is 12.4. The third kappa shape index (κ3) is 3.12. The molecular formula is C14H21BrOS. The fourth-order valence-electron chi connectivity index (χ4n) is 2.86. The summed E-state index contributed by atoms with van der Waals surface area (Å²) in [5.74, 6) is 2.12. The summed E-state index contributed by atoms with van der Waals surface area (Å²) in [6.07, 6.45) is 4.64. The van der Waals surface area contributed by atoms with Gasteiger partial charge in [-0.3, -0.25) is 0 Å². The second-order valence-corrected chi connectivity index (χ2v) is 7.30. The van der Waals surface area contributed by atoms with E-state index in [1.807, 2.05) is 11.4 Å². The predicted octanol–water partition coefficient (Wildman–Crippen LogP) is 5.01. The molecule has 1 heterocycles. The Hall–Kier alpha value is 0.140. The maximum absolute atomic E-state index is 10.4. The van der Waals surface area contributed by atoms with Gasteiger partial charge in [-0.05, 0) is 70.8 Å². The number of hydrogen-bond acceptors (Lipinski definition) is 2. The summed E-state index contributed by atoms with van der Waals surface area (Å²) >= 11 is 5.18. The standard InChI is InChI=1S/C14H21BrOS/c1-9(2)10-3-5-11(6-4-10)13(16)14-12(15)7-8-17-14/h7-11,13,16H,3-6H2,1-2H3. The molecule has 1 saturated carbocycles. The Morgan fingerprint density at radius 2 is 1.82 bits per heavy atom. The highest BCUT2D eigenvalue weighted by Crippen LogP contribution is 2.42. The van der Waals surface area contributed by atoms with Gasteiger partial charge in [0.1, 0.15) is 0 Å². The predicted molar refractivity (Wildman–Crippen MR) is 77.3 cm³/mol. The van der Waals surface area contributed by atoms with E-state index >= 15 is 0 Å². The van der Waals surface area contributed by atoms with Crippen LogP contribution in [0.4, 0.5) is 0 Å². The van der Waals surface area contributed by atoms with Crippen LogP contribution in [0.1, 0.15) is 50.5 Å². The Labute approximate surface area is 116 Å². The normalized spacial score (nSPS) is 27.4. The lowest BCUT2D eigenvalue weighted by Gasteiger charge is -2.33. The number of hydrogen-bond donors (Lipinski definition) is 1. The van der Waals surface area contributed by atoms with Crippen LogP contribution < -0.4 is 0 Å². The highest BCUT2D eigenvalue weighted by molar-refractivity contribution is 9.10. The van der Waals surface area contributed by atoms with Crippen molar-refractivity contribution in [3.8, 4) is 0 Å². The molecule has 1 aromatic heterocycles. The SMILES string of the molecule is CC(C)C1CCC(C(O)c2sccc2Br)CC1. The number of halogens is 1. The molecule has 0 amide bonds. The molecule has 96 valence electrons. The Bertz CT molecular complexity index is 353. The van der Waals surface area contributed by atoms with Gasteiger partial charge in [0.05, 0.1) is 6.10 Å². The van der Waals surface area contributed by atoms with Gasteiger partial charge < -0.3 is 5.11 Å². The van der Waals surface area contributed by atoms with Crippen LogP contribution >= 0.6 is 27.3 Å². The Morgan fingerprint density at radius 3 is 2.29 bits per heavy atom. The van der Waals surface area contributed by atoms with E-state index in [-0.39, 0.29) is 6.10 Å². The molecule has 1 aliphatic carbocycles. The van der Waals surface area contributed by atoms with E-state index in [1.165, 1.54) is 25.7 Å². The lowest BCUT2D eigenvalue weighted by Crippen LogP contribution is -2.22. The molecule has 2 rings (SSSR count). The molecule has 1 fully saturated rings. The largest absolute Gasteiger partial charge is 0.387 e. The van der Waals surface area contributed by atoms with Crippen molar-refractivity contribution in [1.29, 1.82) is 0 Å². The van der Waals surface area contributed by atoms with Crippen LogP contribution in [0.15, 0.2) is 15.9 Å². The van der Waals surface area contributed by atoms with Gasteiger partial charge in [-0.25, -0.2) is 0 Å². The van der Waals surface area contributed by atoms with Crippen molar-refractivity contribution >= 4 is 27.3 Å². The molecule has 1 aromatic rings. The number of aliphatic hydroxyl groups is 1. The Morgan fingerprint density at radius 1 is 1.24 bits per heavy atom. The van der Waals surface area contributed by atoms with E-state index < -0.39 is 0 Å². The van der Waals surface area contributed by atoms with Gasteiger partial charge >= 0.3 is 0 Å². The molecular weight excluding hydrogens is 296 g/mol. The summed E-state index contributed by atoms with van der Waals surface area (Å²) in [6, 6.07) is 2.03. The minimum atomic E-state index is -0.266. The molecule has 0 bridgehead atoms. The summed E-state index contributed by atoms with van der Waals surface area (Å²) in [6.45, 7) is 4.63. The summed E-state index contributed by atoms with van der Waals surface area (Å²) in [4.78, 5) is 1.11. The summed E-state index contributed by atoms with van der Waals surface area (Å²) in [5, 5.41) is 12.5. The van der Waals surface area contributed by atoms with E-state index in [0.717, 1.165) is 21.2 Å². The van der Waals surface area contributed by atoms with Crippen LogP contribution in [0, 0.1) is 17.8 Å². The van der Waals surface area contributed by atoms with Crippen molar-refractivity contribution in [2.75, 3.05) is 0 Å². The first-order chi connectivity index (χ1) is 8.09. The maximum atomic E-state index is 10.4. The lowest BCUT2D eigenvalue weighted by molar-refractivity contribution is 0.0689. The van der Waals surface area contributed by atoms with Crippen LogP contribution in [0.25, 0.3) is 0 Å². The molecule has 0 radical (unpaired) electrons. The quantitative estimate of drug-likeness (QED) is 0.831. The molecule has 0 aromatic carbocycles. The van der Waals surface area contributed by atoms with Crippen LogP contribution in [0.5, 0.6) is 0 Å². The molecule has 1 unspecified atom stereocenters. The average molecular weight is 317 g/mol. The average Bonchev–Trinajstić information content (AvgIpc) is 2.74. The van der Waals surface area contributed by atoms with Gasteiger partial charge in [0.25, 0.3) is 0 Å². The van der Waals surface area contributed by atoms with Crippen LogP contribution in [0.2, 0.25) is 0 Å². The molecule has 0 aliphatic heterocycles. The number of rotatable bonds is 3. The van der Waals surface area contributed by atoms with Gasteiger partial charge in [0, 0.05) is 9.35 Å². The fourth-order valence-corrected chi connectivity index (χ4v) is 4.54. The fraction of sp³-hybridized carbons (Fsp3) is 0.714. The first-order valence-corrected chi connectivity index (χ1v) is 8.17. The molecule has 1 nitrogen and oxygen atoms in total. The molecule has 3 heteroatoms. The summed E-state index contributed by atoms with van der Waals surface area (Å²) in [7, 11) is 0. The van der Waals surface area contributed by atoms with Gasteiger partial charge in [0.15, 0.2) is 0 Å². The third-order valence-electron chi connectivity index (χ3n) is 4.12. The minimum Gasteiger partial charge on any atom is -0.387 e.